The van der Waals surface area contributed by atoms with Gasteiger partial charge in [-0.3, -0.25) is 14.4 Å². The molecule has 4 bridgehead atoms. The lowest BCUT2D eigenvalue weighted by molar-refractivity contribution is -0.344. The Balaban J connectivity index is 1.28. The fourth-order valence-electron chi connectivity index (χ4n) is 6.47. The zero-order valence-corrected chi connectivity index (χ0v) is 18.2. The molecule has 0 spiro atoms. The maximum absolute atomic E-state index is 13.8. The molecule has 200 valence electrons. The lowest BCUT2D eigenvalue weighted by atomic mass is 9.78. The second-order valence-electron chi connectivity index (χ2n) is 10.1. The predicted octanol–water partition coefficient (Wildman–Crippen LogP) is 3.63. The zero-order chi connectivity index (χ0) is 26.4. The minimum Gasteiger partial charge on any atom is -0.459 e. The largest absolute Gasteiger partial charge is 0.459 e. The minimum absolute atomic E-state index is 0.0176. The molecular formula is C22H20F8O6. The van der Waals surface area contributed by atoms with E-state index < -0.39 is 90.5 Å². The van der Waals surface area contributed by atoms with Gasteiger partial charge in [0.2, 0.25) is 0 Å². The number of halogens is 8. The van der Waals surface area contributed by atoms with Crippen molar-refractivity contribution in [1.29, 1.82) is 0 Å². The first kappa shape index (κ1) is 25.2. The van der Waals surface area contributed by atoms with Gasteiger partial charge >= 0.3 is 42.1 Å². The summed E-state index contributed by atoms with van der Waals surface area (Å²) < 4.78 is 120. The van der Waals surface area contributed by atoms with Crippen molar-refractivity contribution in [2.75, 3.05) is 6.61 Å². The van der Waals surface area contributed by atoms with Crippen molar-refractivity contribution in [3.63, 3.8) is 0 Å². The van der Waals surface area contributed by atoms with E-state index in [0.717, 1.165) is 6.42 Å². The summed E-state index contributed by atoms with van der Waals surface area (Å²) in [5.41, 5.74) is 0. The van der Waals surface area contributed by atoms with E-state index in [-0.39, 0.29) is 18.3 Å². The van der Waals surface area contributed by atoms with Crippen LogP contribution in [0.15, 0.2) is 12.2 Å². The second-order valence-corrected chi connectivity index (χ2v) is 10.1. The number of hydrogen-bond acceptors (Lipinski definition) is 6. The Morgan fingerprint density at radius 1 is 1.00 bits per heavy atom. The molecule has 0 aromatic heterocycles. The highest BCUT2D eigenvalue weighted by molar-refractivity contribution is 5.86. The van der Waals surface area contributed by atoms with Gasteiger partial charge in [-0.15, -0.1) is 0 Å². The van der Waals surface area contributed by atoms with Crippen LogP contribution in [0, 0.1) is 41.4 Å². The Morgan fingerprint density at radius 3 is 2.28 bits per heavy atom. The van der Waals surface area contributed by atoms with Gasteiger partial charge in [-0.2, -0.15) is 26.3 Å². The number of fused-ring (bicyclic) bond motifs is 3. The third-order valence-electron chi connectivity index (χ3n) is 8.20. The highest BCUT2D eigenvalue weighted by Gasteiger charge is 2.76. The van der Waals surface area contributed by atoms with E-state index in [1.807, 2.05) is 12.2 Å². The van der Waals surface area contributed by atoms with Crippen LogP contribution in [0.1, 0.15) is 19.3 Å². The van der Waals surface area contributed by atoms with Crippen molar-refractivity contribution < 1.29 is 63.7 Å². The van der Waals surface area contributed by atoms with E-state index >= 15 is 0 Å². The van der Waals surface area contributed by atoms with Crippen LogP contribution in [0.5, 0.6) is 0 Å². The number of ether oxygens (including phenoxy) is 3. The van der Waals surface area contributed by atoms with Gasteiger partial charge < -0.3 is 14.2 Å². The molecule has 0 amide bonds. The summed E-state index contributed by atoms with van der Waals surface area (Å²) in [6, 6.07) is 0. The SMILES string of the molecule is O=C(OC1C2CC3C1OC(=O)C3C2C(=O)OCC(F)(F)C(F)(F)C(F)(F)C(F)F)C1CC2C=CC1C2. The average molecular weight is 532 g/mol. The monoisotopic (exact) mass is 532 g/mol. The first-order valence-electron chi connectivity index (χ1n) is 11.3. The Morgan fingerprint density at radius 2 is 1.69 bits per heavy atom. The lowest BCUT2D eigenvalue weighted by Gasteiger charge is -2.33. The van der Waals surface area contributed by atoms with Crippen LogP contribution >= 0.6 is 0 Å². The smallest absolute Gasteiger partial charge is 0.381 e. The molecule has 0 aromatic carbocycles. The zero-order valence-electron chi connectivity index (χ0n) is 18.2. The van der Waals surface area contributed by atoms with Crippen LogP contribution in [0.25, 0.3) is 0 Å². The Labute approximate surface area is 198 Å². The Hall–Kier alpha value is -2.41. The third-order valence-corrected chi connectivity index (χ3v) is 8.20. The van der Waals surface area contributed by atoms with E-state index in [4.69, 9.17) is 9.47 Å². The third kappa shape index (κ3) is 3.45. The molecule has 14 heteroatoms. The number of rotatable bonds is 8. The molecule has 9 unspecified atom stereocenters. The topological polar surface area (TPSA) is 78.9 Å². The van der Waals surface area contributed by atoms with Gasteiger partial charge in [0.05, 0.1) is 17.8 Å². The fraction of sp³-hybridized carbons (Fsp3) is 0.773. The molecular weight excluding hydrogens is 512 g/mol. The lowest BCUT2D eigenvalue weighted by Crippen LogP contribution is -2.59. The quantitative estimate of drug-likeness (QED) is 0.206. The molecule has 0 N–H and O–H groups in total. The molecule has 5 aliphatic rings. The van der Waals surface area contributed by atoms with Crippen LogP contribution in [-0.4, -0.2) is 60.9 Å². The second kappa shape index (κ2) is 8.04. The van der Waals surface area contributed by atoms with Crippen molar-refractivity contribution in [1.82, 2.24) is 0 Å². The Bertz CT molecular complexity index is 999. The van der Waals surface area contributed by atoms with Crippen LogP contribution in [-0.2, 0) is 28.6 Å². The van der Waals surface area contributed by atoms with E-state index in [9.17, 15) is 49.5 Å². The molecule has 4 aliphatic carbocycles. The maximum Gasteiger partial charge on any atom is 0.381 e. The van der Waals surface area contributed by atoms with Gasteiger partial charge in [0, 0.05) is 11.8 Å². The van der Waals surface area contributed by atoms with Gasteiger partial charge in [0.25, 0.3) is 0 Å². The molecule has 0 radical (unpaired) electrons. The van der Waals surface area contributed by atoms with E-state index in [1.165, 1.54) is 0 Å². The van der Waals surface area contributed by atoms with Crippen molar-refractivity contribution in [2.24, 2.45) is 41.4 Å². The number of hydrogen-bond donors (Lipinski definition) is 0. The number of carbonyl (C=O) groups excluding carboxylic acids is 3. The van der Waals surface area contributed by atoms with Crippen LogP contribution < -0.4 is 0 Å². The predicted molar refractivity (Wildman–Crippen MR) is 99.0 cm³/mol. The van der Waals surface area contributed by atoms with Crippen molar-refractivity contribution in [3.8, 4) is 0 Å². The van der Waals surface area contributed by atoms with Crippen LogP contribution in [0.4, 0.5) is 35.1 Å². The minimum atomic E-state index is -6.53. The number of alkyl halides is 8. The summed E-state index contributed by atoms with van der Waals surface area (Å²) in [5, 5.41) is 0. The molecule has 1 heterocycles. The summed E-state index contributed by atoms with van der Waals surface area (Å²) in [7, 11) is 0. The van der Waals surface area contributed by atoms with Crippen LogP contribution in [0.2, 0.25) is 0 Å². The van der Waals surface area contributed by atoms with Gasteiger partial charge in [0.1, 0.15) is 12.2 Å². The fourth-order valence-corrected chi connectivity index (χ4v) is 6.47. The molecule has 0 aromatic rings. The first-order valence-corrected chi connectivity index (χ1v) is 11.3. The molecule has 6 nitrogen and oxygen atoms in total. The van der Waals surface area contributed by atoms with E-state index in [0.29, 0.717) is 6.42 Å². The summed E-state index contributed by atoms with van der Waals surface area (Å²) in [4.78, 5) is 37.7. The molecule has 5 rings (SSSR count). The number of esters is 3. The summed E-state index contributed by atoms with van der Waals surface area (Å²) in [6.07, 6.45) is -1.71. The van der Waals surface area contributed by atoms with Crippen molar-refractivity contribution in [2.45, 2.75) is 55.7 Å². The van der Waals surface area contributed by atoms with E-state index in [1.54, 1.807) is 0 Å². The van der Waals surface area contributed by atoms with Gasteiger partial charge in [-0.05, 0) is 31.1 Å². The highest BCUT2D eigenvalue weighted by Crippen LogP contribution is 2.59. The average Bonchev–Trinajstić information content (AvgIpc) is 3.59. The van der Waals surface area contributed by atoms with Gasteiger partial charge in [-0.1, -0.05) is 12.2 Å². The normalized spacial score (nSPS) is 38.7. The molecule has 3 saturated carbocycles. The summed E-state index contributed by atoms with van der Waals surface area (Å²) in [6.45, 7) is -2.62. The maximum atomic E-state index is 13.8. The molecule has 36 heavy (non-hydrogen) atoms. The summed E-state index contributed by atoms with van der Waals surface area (Å²) in [5.74, 6) is -26.3. The van der Waals surface area contributed by atoms with E-state index in [2.05, 4.69) is 4.74 Å². The molecule has 1 aliphatic heterocycles. The van der Waals surface area contributed by atoms with Gasteiger partial charge in [0.15, 0.2) is 6.61 Å². The molecule has 1 saturated heterocycles. The standard InChI is InChI=1S/C22H20F8O6/c23-19(24)21(27,28)22(29,30)20(25,26)6-34-17(32)12-10-5-11-13(12)18(33)36-15(11)14(10)35-16(31)9-4-7-1-2-8(9)3-7/h1-2,7-15,19H,3-6H2. The number of allylic oxidation sites excluding steroid dienone is 2. The summed E-state index contributed by atoms with van der Waals surface area (Å²) >= 11 is 0. The number of carbonyl (C=O) groups is 3. The van der Waals surface area contributed by atoms with Gasteiger partial charge in [-0.25, -0.2) is 8.78 Å². The van der Waals surface area contributed by atoms with Crippen molar-refractivity contribution in [3.05, 3.63) is 12.2 Å². The highest BCUT2D eigenvalue weighted by atomic mass is 19.4. The van der Waals surface area contributed by atoms with Crippen LogP contribution in [0.3, 0.4) is 0 Å². The molecule has 9 atom stereocenters. The Kier molecular flexibility index (Phi) is 5.64. The first-order chi connectivity index (χ1) is 16.7. The van der Waals surface area contributed by atoms with Crippen molar-refractivity contribution >= 4 is 17.9 Å². The molecule has 4 fully saturated rings.